The van der Waals surface area contributed by atoms with Crippen molar-refractivity contribution in [1.82, 2.24) is 0 Å². The van der Waals surface area contributed by atoms with Crippen LogP contribution in [-0.2, 0) is 9.84 Å². The molecule has 0 N–H and O–H groups in total. The summed E-state index contributed by atoms with van der Waals surface area (Å²) in [5, 5.41) is 3.33. The molecule has 24 heavy (non-hydrogen) atoms. The van der Waals surface area contributed by atoms with Gasteiger partial charge < -0.3 is 0 Å². The highest BCUT2D eigenvalue weighted by Gasteiger charge is 2.49. The van der Waals surface area contributed by atoms with Gasteiger partial charge in [0.05, 0.1) is 4.90 Å². The van der Waals surface area contributed by atoms with Crippen LogP contribution in [0, 0.1) is 10.3 Å². The van der Waals surface area contributed by atoms with Crippen molar-refractivity contribution < 1.29 is 8.42 Å². The number of rotatable bonds is 4. The van der Waals surface area contributed by atoms with E-state index in [1.165, 1.54) is 6.26 Å². The van der Waals surface area contributed by atoms with Crippen LogP contribution in [0.15, 0.2) is 64.7 Å². The molecule has 1 unspecified atom stereocenters. The lowest BCUT2D eigenvalue weighted by Gasteiger charge is -2.45. The molecule has 0 radical (unpaired) electrons. The fourth-order valence-electron chi connectivity index (χ4n) is 3.40. The van der Waals surface area contributed by atoms with Crippen LogP contribution in [0.1, 0.15) is 25.0 Å². The van der Waals surface area contributed by atoms with Crippen molar-refractivity contribution in [3.05, 3.63) is 70.6 Å². The normalized spacial score (nSPS) is 19.7. The Morgan fingerprint density at radius 3 is 2.00 bits per heavy atom. The Morgan fingerprint density at radius 1 is 0.917 bits per heavy atom. The summed E-state index contributed by atoms with van der Waals surface area (Å²) in [6, 6.07) is 16.1. The third-order valence-electron chi connectivity index (χ3n) is 4.63. The molecule has 2 aromatic rings. The number of benzene rings is 2. The van der Waals surface area contributed by atoms with Gasteiger partial charge in [-0.15, -0.1) is 0 Å². The van der Waals surface area contributed by atoms with Gasteiger partial charge in [0.15, 0.2) is 9.84 Å². The Morgan fingerprint density at radius 2 is 1.50 bits per heavy atom. The topological polar surface area (TPSA) is 63.6 Å². The minimum Gasteiger partial charge on any atom is -0.224 e. The van der Waals surface area contributed by atoms with E-state index in [0.29, 0.717) is 0 Å². The Hall–Kier alpha value is -2.27. The van der Waals surface area contributed by atoms with Crippen LogP contribution < -0.4 is 0 Å². The van der Waals surface area contributed by atoms with Crippen molar-refractivity contribution in [3.8, 4) is 0 Å². The summed E-state index contributed by atoms with van der Waals surface area (Å²) in [4.78, 5) is 11.7. The maximum Gasteiger partial charge on any atom is 0.175 e. The number of nitroso groups, excluding NO2 is 1. The first-order valence-corrected chi connectivity index (χ1v) is 9.59. The second kappa shape index (κ2) is 5.67. The minimum absolute atomic E-state index is 0.287. The zero-order valence-corrected chi connectivity index (χ0v) is 14.7. The third-order valence-corrected chi connectivity index (χ3v) is 5.76. The summed E-state index contributed by atoms with van der Waals surface area (Å²) in [5.41, 5.74) is 3.47. The van der Waals surface area contributed by atoms with Gasteiger partial charge in [-0.3, -0.25) is 0 Å². The van der Waals surface area contributed by atoms with E-state index in [1.807, 2.05) is 44.2 Å². The smallest absolute Gasteiger partial charge is 0.175 e. The molecule has 0 aromatic heterocycles. The van der Waals surface area contributed by atoms with Gasteiger partial charge in [-0.25, -0.2) is 8.42 Å². The Kier molecular flexibility index (Phi) is 3.92. The fourth-order valence-corrected chi connectivity index (χ4v) is 4.03. The third kappa shape index (κ3) is 2.59. The molecular formula is C19H19NO3S. The average molecular weight is 341 g/mol. The lowest BCUT2D eigenvalue weighted by Crippen LogP contribution is -2.40. The summed E-state index contributed by atoms with van der Waals surface area (Å²) in [6.45, 7) is 3.98. The van der Waals surface area contributed by atoms with Crippen molar-refractivity contribution in [2.24, 2.45) is 10.6 Å². The molecule has 1 atom stereocenters. The first-order valence-electron chi connectivity index (χ1n) is 7.70. The first-order chi connectivity index (χ1) is 11.3. The van der Waals surface area contributed by atoms with Crippen molar-refractivity contribution in [3.63, 3.8) is 0 Å². The molecule has 124 valence electrons. The van der Waals surface area contributed by atoms with Crippen LogP contribution in [0.25, 0.3) is 11.1 Å². The number of sulfone groups is 1. The van der Waals surface area contributed by atoms with Crippen molar-refractivity contribution in [1.29, 1.82) is 0 Å². The van der Waals surface area contributed by atoms with E-state index in [-0.39, 0.29) is 10.3 Å². The molecule has 0 bridgehead atoms. The molecule has 3 rings (SSSR count). The molecular weight excluding hydrogens is 322 g/mol. The van der Waals surface area contributed by atoms with E-state index in [4.69, 9.17) is 0 Å². The fraction of sp³-hybridized carbons (Fsp3) is 0.263. The van der Waals surface area contributed by atoms with Gasteiger partial charge in [0.25, 0.3) is 0 Å². The highest BCUT2D eigenvalue weighted by Crippen LogP contribution is 2.57. The number of hydrogen-bond acceptors (Lipinski definition) is 4. The molecule has 1 aliphatic carbocycles. The maximum atomic E-state index is 11.6. The van der Waals surface area contributed by atoms with E-state index in [0.717, 1.165) is 22.3 Å². The molecule has 1 aliphatic rings. The van der Waals surface area contributed by atoms with Crippen LogP contribution in [-0.4, -0.2) is 20.7 Å². The van der Waals surface area contributed by atoms with Crippen LogP contribution >= 0.6 is 0 Å². The average Bonchev–Trinajstić information content (AvgIpc) is 2.53. The lowest BCUT2D eigenvalue weighted by atomic mass is 9.59. The minimum atomic E-state index is -3.23. The predicted molar refractivity (Wildman–Crippen MR) is 96.2 cm³/mol. The standard InChI is InChI=1S/C19H19NO3S/c1-19(2)17(14-9-11-15(12-10-14)24(3,22)23)16(18(19)20-21)13-7-5-4-6-8-13/h4-12,18H,1-3H3. The van der Waals surface area contributed by atoms with Crippen molar-refractivity contribution in [2.75, 3.05) is 6.26 Å². The largest absolute Gasteiger partial charge is 0.224 e. The quantitative estimate of drug-likeness (QED) is 0.784. The monoisotopic (exact) mass is 341 g/mol. The van der Waals surface area contributed by atoms with Gasteiger partial charge in [0, 0.05) is 11.7 Å². The molecule has 0 spiro atoms. The van der Waals surface area contributed by atoms with Gasteiger partial charge in [-0.2, -0.15) is 4.91 Å². The molecule has 0 saturated carbocycles. The second-order valence-electron chi connectivity index (χ2n) is 6.68. The maximum absolute atomic E-state index is 11.6. The summed E-state index contributed by atoms with van der Waals surface area (Å²) in [5.74, 6) is 0. The molecule has 0 fully saturated rings. The SMILES string of the molecule is CC1(C)C(c2ccc(S(C)(=O)=O)cc2)=C(c2ccccc2)C1N=O. The number of nitrogens with zero attached hydrogens (tertiary/aromatic N) is 1. The first kappa shape index (κ1) is 16.6. The lowest BCUT2D eigenvalue weighted by molar-refractivity contribution is 0.417. The van der Waals surface area contributed by atoms with Crippen LogP contribution in [0.5, 0.6) is 0 Å². The van der Waals surface area contributed by atoms with Gasteiger partial charge in [-0.05, 0) is 34.4 Å². The van der Waals surface area contributed by atoms with Crippen LogP contribution in [0.3, 0.4) is 0 Å². The van der Waals surface area contributed by atoms with E-state index in [1.54, 1.807) is 24.3 Å². The molecule has 4 nitrogen and oxygen atoms in total. The van der Waals surface area contributed by atoms with Crippen molar-refractivity contribution in [2.45, 2.75) is 24.8 Å². The van der Waals surface area contributed by atoms with E-state index in [9.17, 15) is 13.3 Å². The summed E-state index contributed by atoms with van der Waals surface area (Å²) < 4.78 is 23.3. The predicted octanol–water partition coefficient (Wildman–Crippen LogP) is 4.18. The van der Waals surface area contributed by atoms with Gasteiger partial charge in [0.2, 0.25) is 0 Å². The highest BCUT2D eigenvalue weighted by molar-refractivity contribution is 7.90. The number of hydrogen-bond donors (Lipinski definition) is 0. The summed E-state index contributed by atoms with van der Waals surface area (Å²) in [6.07, 6.45) is 1.19. The van der Waals surface area contributed by atoms with Gasteiger partial charge >= 0.3 is 0 Å². The Bertz CT molecular complexity index is 911. The molecule has 2 aromatic carbocycles. The van der Waals surface area contributed by atoms with Crippen LogP contribution in [0.2, 0.25) is 0 Å². The summed E-state index contributed by atoms with van der Waals surface area (Å²) in [7, 11) is -3.23. The highest BCUT2D eigenvalue weighted by atomic mass is 32.2. The summed E-state index contributed by atoms with van der Waals surface area (Å²) >= 11 is 0. The molecule has 0 heterocycles. The zero-order chi connectivity index (χ0) is 17.5. The Labute approximate surface area is 142 Å². The molecule has 0 amide bonds. The van der Waals surface area contributed by atoms with Crippen LogP contribution in [0.4, 0.5) is 0 Å². The van der Waals surface area contributed by atoms with E-state index < -0.39 is 15.9 Å². The molecule has 5 heteroatoms. The molecule has 0 saturated heterocycles. The Balaban J connectivity index is 2.17. The zero-order valence-electron chi connectivity index (χ0n) is 13.9. The van der Waals surface area contributed by atoms with Gasteiger partial charge in [0.1, 0.15) is 6.04 Å². The van der Waals surface area contributed by atoms with E-state index >= 15 is 0 Å². The second-order valence-corrected chi connectivity index (χ2v) is 8.70. The van der Waals surface area contributed by atoms with Gasteiger partial charge in [-0.1, -0.05) is 61.5 Å². The van der Waals surface area contributed by atoms with Crippen molar-refractivity contribution >= 4 is 21.0 Å². The van der Waals surface area contributed by atoms with E-state index in [2.05, 4.69) is 5.18 Å². The molecule has 0 aliphatic heterocycles.